The number of benzene rings is 1. The van der Waals surface area contributed by atoms with Gasteiger partial charge in [0.1, 0.15) is 6.04 Å². The van der Waals surface area contributed by atoms with Crippen LogP contribution in [0.25, 0.3) is 0 Å². The number of hydrogen-bond donors (Lipinski definition) is 3. The van der Waals surface area contributed by atoms with Crippen LogP contribution in [0.15, 0.2) is 24.3 Å². The molecule has 0 spiro atoms. The molecule has 112 valence electrons. The van der Waals surface area contributed by atoms with Gasteiger partial charge in [-0.25, -0.2) is 4.79 Å². The molecular weight excluding hydrogens is 272 g/mol. The Morgan fingerprint density at radius 1 is 1.24 bits per heavy atom. The maximum Gasteiger partial charge on any atom is 0.326 e. The van der Waals surface area contributed by atoms with Gasteiger partial charge in [0.05, 0.1) is 12.1 Å². The Bertz CT molecular complexity index is 575. The zero-order chi connectivity index (χ0) is 15.0. The molecule has 1 aromatic rings. The number of aliphatic hydroxyl groups excluding tert-OH is 1. The molecule has 3 unspecified atom stereocenters. The molecule has 0 aliphatic carbocycles. The molecule has 2 aliphatic heterocycles. The Morgan fingerprint density at radius 3 is 2.57 bits per heavy atom. The number of carboxylic acid groups (broad SMARTS) is 1. The number of aliphatic carboxylic acids is 1. The zero-order valence-electron chi connectivity index (χ0n) is 11.5. The van der Waals surface area contributed by atoms with Crippen LogP contribution in [-0.2, 0) is 22.6 Å². The Labute approximate surface area is 122 Å². The van der Waals surface area contributed by atoms with Crippen LogP contribution in [0.3, 0.4) is 0 Å². The third kappa shape index (κ3) is 2.64. The number of nitrogens with one attached hydrogen (secondary N) is 1. The van der Waals surface area contributed by atoms with E-state index in [4.69, 9.17) is 0 Å². The van der Waals surface area contributed by atoms with Gasteiger partial charge in [-0.3, -0.25) is 4.79 Å². The summed E-state index contributed by atoms with van der Waals surface area (Å²) in [5, 5.41) is 21.9. The molecule has 0 aromatic heterocycles. The van der Waals surface area contributed by atoms with E-state index in [1.54, 1.807) is 0 Å². The van der Waals surface area contributed by atoms with Crippen LogP contribution >= 0.6 is 0 Å². The van der Waals surface area contributed by atoms with Gasteiger partial charge in [-0.1, -0.05) is 24.3 Å². The number of nitrogens with zero attached hydrogens (tertiary/aromatic N) is 1. The highest BCUT2D eigenvalue weighted by Gasteiger charge is 2.39. The summed E-state index contributed by atoms with van der Waals surface area (Å²) in [6.45, 7) is 0.679. The highest BCUT2D eigenvalue weighted by Crippen LogP contribution is 2.25. The number of aliphatic hydroxyl groups is 1. The molecule has 0 bridgehead atoms. The zero-order valence-corrected chi connectivity index (χ0v) is 11.5. The molecule has 0 radical (unpaired) electrons. The van der Waals surface area contributed by atoms with E-state index >= 15 is 0 Å². The fraction of sp³-hybridized carbons (Fsp3) is 0.467. The Balaban J connectivity index is 1.85. The van der Waals surface area contributed by atoms with Crippen molar-refractivity contribution in [2.24, 2.45) is 0 Å². The molecule has 3 atom stereocenters. The van der Waals surface area contributed by atoms with Crippen molar-refractivity contribution in [3.05, 3.63) is 35.4 Å². The summed E-state index contributed by atoms with van der Waals surface area (Å²) in [4.78, 5) is 25.5. The molecule has 3 N–H and O–H groups in total. The molecule has 1 saturated heterocycles. The van der Waals surface area contributed by atoms with Gasteiger partial charge < -0.3 is 20.4 Å². The second-order valence-electron chi connectivity index (χ2n) is 5.64. The van der Waals surface area contributed by atoms with E-state index in [-0.39, 0.29) is 5.91 Å². The lowest BCUT2D eigenvalue weighted by Crippen LogP contribution is -2.53. The monoisotopic (exact) mass is 290 g/mol. The number of carbonyl (C=O) groups excluding carboxylic acids is 1. The molecule has 3 rings (SSSR count). The van der Waals surface area contributed by atoms with Crippen LogP contribution in [0.1, 0.15) is 17.5 Å². The second-order valence-corrected chi connectivity index (χ2v) is 5.64. The summed E-state index contributed by atoms with van der Waals surface area (Å²) in [7, 11) is 0. The van der Waals surface area contributed by atoms with Crippen molar-refractivity contribution in [1.29, 1.82) is 0 Å². The largest absolute Gasteiger partial charge is 0.480 e. The summed E-state index contributed by atoms with van der Waals surface area (Å²) < 4.78 is 0. The summed E-state index contributed by atoms with van der Waals surface area (Å²) in [6, 6.07) is 6.26. The Hall–Kier alpha value is -1.92. The van der Waals surface area contributed by atoms with E-state index in [1.165, 1.54) is 4.90 Å². The number of fused-ring (bicyclic) bond motifs is 1. The van der Waals surface area contributed by atoms with E-state index in [2.05, 4.69) is 5.32 Å². The number of amides is 1. The minimum atomic E-state index is -0.989. The van der Waals surface area contributed by atoms with Crippen LogP contribution in [0.5, 0.6) is 0 Å². The number of hydrogen-bond acceptors (Lipinski definition) is 4. The predicted molar refractivity (Wildman–Crippen MR) is 74.5 cm³/mol. The van der Waals surface area contributed by atoms with E-state index in [9.17, 15) is 19.8 Å². The van der Waals surface area contributed by atoms with E-state index in [1.807, 2.05) is 24.3 Å². The normalized spacial score (nSPS) is 28.2. The van der Waals surface area contributed by atoms with Gasteiger partial charge in [0, 0.05) is 19.5 Å². The van der Waals surface area contributed by atoms with Gasteiger partial charge in [0.15, 0.2) is 0 Å². The first kappa shape index (κ1) is 14.0. The van der Waals surface area contributed by atoms with Crippen LogP contribution in [-0.4, -0.2) is 51.7 Å². The second kappa shape index (κ2) is 5.46. The smallest absolute Gasteiger partial charge is 0.326 e. The van der Waals surface area contributed by atoms with Crippen molar-refractivity contribution in [2.75, 3.05) is 6.54 Å². The lowest BCUT2D eigenvalue weighted by Gasteiger charge is -2.36. The topological polar surface area (TPSA) is 89.9 Å². The van der Waals surface area contributed by atoms with Gasteiger partial charge in [0.2, 0.25) is 5.91 Å². The van der Waals surface area contributed by atoms with Crippen LogP contribution in [0, 0.1) is 0 Å². The molecule has 6 heteroatoms. The quantitative estimate of drug-likeness (QED) is 0.699. The first-order valence-electron chi connectivity index (χ1n) is 7.08. The summed E-state index contributed by atoms with van der Waals surface area (Å²) in [5.74, 6) is -1.23. The maximum atomic E-state index is 12.6. The highest BCUT2D eigenvalue weighted by molar-refractivity contribution is 5.88. The average molecular weight is 290 g/mol. The van der Waals surface area contributed by atoms with Crippen molar-refractivity contribution >= 4 is 11.9 Å². The number of β-amino-alcohol motifs (C(OH)–C–C–N with tert-alkyl or cyclic N) is 1. The van der Waals surface area contributed by atoms with Crippen LogP contribution in [0.4, 0.5) is 0 Å². The van der Waals surface area contributed by atoms with E-state index in [0.717, 1.165) is 11.1 Å². The first-order chi connectivity index (χ1) is 10.1. The standard InChI is InChI=1S/C15H18N2O4/c18-11-6-12(16-7-11)14(19)17-8-10-4-2-1-3-9(10)5-13(17)15(20)21/h1-4,11-13,16,18H,5-8H2,(H,20,21). The third-order valence-corrected chi connectivity index (χ3v) is 4.22. The molecule has 2 heterocycles. The molecule has 1 aromatic carbocycles. The van der Waals surface area contributed by atoms with Gasteiger partial charge in [0.25, 0.3) is 0 Å². The summed E-state index contributed by atoms with van der Waals surface area (Å²) in [5.41, 5.74) is 1.97. The van der Waals surface area contributed by atoms with Crippen molar-refractivity contribution in [1.82, 2.24) is 10.2 Å². The molecule has 1 fully saturated rings. The molecule has 1 amide bonds. The number of carbonyl (C=O) groups is 2. The molecule has 0 saturated carbocycles. The van der Waals surface area contributed by atoms with Crippen molar-refractivity contribution in [3.63, 3.8) is 0 Å². The third-order valence-electron chi connectivity index (χ3n) is 4.22. The van der Waals surface area contributed by atoms with Crippen LogP contribution in [0.2, 0.25) is 0 Å². The average Bonchev–Trinajstić information content (AvgIpc) is 2.91. The highest BCUT2D eigenvalue weighted by atomic mass is 16.4. The van der Waals surface area contributed by atoms with Crippen molar-refractivity contribution in [3.8, 4) is 0 Å². The lowest BCUT2D eigenvalue weighted by atomic mass is 9.93. The fourth-order valence-corrected chi connectivity index (χ4v) is 3.08. The van der Waals surface area contributed by atoms with Crippen molar-refractivity contribution < 1.29 is 19.8 Å². The minimum Gasteiger partial charge on any atom is -0.480 e. The van der Waals surface area contributed by atoms with Crippen LogP contribution < -0.4 is 5.32 Å². The fourth-order valence-electron chi connectivity index (χ4n) is 3.08. The van der Waals surface area contributed by atoms with Gasteiger partial charge in [-0.05, 0) is 17.5 Å². The first-order valence-corrected chi connectivity index (χ1v) is 7.08. The molecule has 6 nitrogen and oxygen atoms in total. The Morgan fingerprint density at radius 2 is 1.95 bits per heavy atom. The van der Waals surface area contributed by atoms with E-state index in [0.29, 0.717) is 25.9 Å². The molecule has 2 aliphatic rings. The maximum absolute atomic E-state index is 12.6. The predicted octanol–water partition coefficient (Wildman–Crippen LogP) is -0.253. The number of carboxylic acids is 1. The van der Waals surface area contributed by atoms with Gasteiger partial charge >= 0.3 is 5.97 Å². The Kier molecular flexibility index (Phi) is 3.65. The lowest BCUT2D eigenvalue weighted by molar-refractivity contribution is -0.152. The van der Waals surface area contributed by atoms with Gasteiger partial charge in [-0.15, -0.1) is 0 Å². The van der Waals surface area contributed by atoms with Crippen molar-refractivity contribution in [2.45, 2.75) is 37.6 Å². The summed E-state index contributed by atoms with van der Waals surface area (Å²) >= 11 is 0. The number of rotatable bonds is 2. The SMILES string of the molecule is O=C(O)C1Cc2ccccc2CN1C(=O)C1CC(O)CN1. The van der Waals surface area contributed by atoms with E-state index < -0.39 is 24.2 Å². The molecular formula is C15H18N2O4. The summed E-state index contributed by atoms with van der Waals surface area (Å²) in [6.07, 6.45) is 0.120. The minimum absolute atomic E-state index is 0.242. The molecule has 21 heavy (non-hydrogen) atoms. The van der Waals surface area contributed by atoms with Gasteiger partial charge in [-0.2, -0.15) is 0 Å².